The summed E-state index contributed by atoms with van der Waals surface area (Å²) in [5, 5.41) is 8.60. The van der Waals surface area contributed by atoms with E-state index < -0.39 is 16.0 Å². The van der Waals surface area contributed by atoms with Gasteiger partial charge in [-0.05, 0) is 32.1 Å². The molecule has 1 aliphatic heterocycles. The second kappa shape index (κ2) is 13.5. The Hall–Kier alpha value is -0.620. The molecule has 1 rings (SSSR count). The molecule has 1 aliphatic rings. The highest BCUT2D eigenvalue weighted by Crippen LogP contribution is 2.26. The largest absolute Gasteiger partial charge is 0.481 e. The summed E-state index contributed by atoms with van der Waals surface area (Å²) < 4.78 is 27.0. The molecule has 5 nitrogen and oxygen atoms in total. The van der Waals surface area contributed by atoms with Crippen molar-refractivity contribution < 1.29 is 18.3 Å². The average Bonchev–Trinajstić information content (AvgIpc) is 3.06. The lowest BCUT2D eigenvalue weighted by Gasteiger charge is -2.24. The Kier molecular flexibility index (Phi) is 12.2. The molecule has 154 valence electrons. The lowest BCUT2D eigenvalue weighted by Crippen LogP contribution is -2.37. The zero-order valence-electron chi connectivity index (χ0n) is 16.6. The molecule has 6 heteroatoms. The summed E-state index contributed by atoms with van der Waals surface area (Å²) in [6.45, 7) is 2.87. The number of rotatable bonds is 16. The molecule has 1 unspecified atom stereocenters. The maximum absolute atomic E-state index is 12.6. The fraction of sp³-hybridized carbons (Fsp3) is 0.950. The first-order chi connectivity index (χ1) is 12.5. The van der Waals surface area contributed by atoms with Crippen molar-refractivity contribution in [2.45, 2.75) is 109 Å². The summed E-state index contributed by atoms with van der Waals surface area (Å²) in [6, 6.07) is 0.211. The van der Waals surface area contributed by atoms with Gasteiger partial charge >= 0.3 is 5.97 Å². The molecule has 0 amide bonds. The molecule has 1 atom stereocenters. The van der Waals surface area contributed by atoms with Crippen molar-refractivity contribution in [1.82, 2.24) is 4.31 Å². The predicted octanol–water partition coefficient (Wildman–Crippen LogP) is 4.96. The zero-order valence-corrected chi connectivity index (χ0v) is 17.4. The van der Waals surface area contributed by atoms with Crippen molar-refractivity contribution in [3.05, 3.63) is 0 Å². The van der Waals surface area contributed by atoms with Gasteiger partial charge in [0.1, 0.15) is 0 Å². The number of carboxylic acids is 1. The quantitative estimate of drug-likeness (QED) is 0.379. The molecular formula is C20H39NO4S. The molecule has 1 heterocycles. The van der Waals surface area contributed by atoms with Gasteiger partial charge < -0.3 is 5.11 Å². The van der Waals surface area contributed by atoms with E-state index in [4.69, 9.17) is 5.11 Å². The summed E-state index contributed by atoms with van der Waals surface area (Å²) in [6.07, 6.45) is 14.7. The number of hydrogen-bond donors (Lipinski definition) is 1. The monoisotopic (exact) mass is 389 g/mol. The number of carbonyl (C=O) groups is 1. The Balaban J connectivity index is 2.18. The summed E-state index contributed by atoms with van der Waals surface area (Å²) in [5.41, 5.74) is 0. The van der Waals surface area contributed by atoms with Crippen LogP contribution in [0.1, 0.15) is 103 Å². The molecule has 0 aliphatic carbocycles. The van der Waals surface area contributed by atoms with Crippen molar-refractivity contribution in [2.24, 2.45) is 0 Å². The van der Waals surface area contributed by atoms with E-state index in [0.717, 1.165) is 77.0 Å². The van der Waals surface area contributed by atoms with Gasteiger partial charge in [-0.2, -0.15) is 4.31 Å². The molecule has 26 heavy (non-hydrogen) atoms. The van der Waals surface area contributed by atoms with Crippen LogP contribution in [0.4, 0.5) is 0 Å². The lowest BCUT2D eigenvalue weighted by atomic mass is 10.0. The maximum Gasteiger partial charge on any atom is 0.303 e. The highest BCUT2D eigenvalue weighted by atomic mass is 32.2. The van der Waals surface area contributed by atoms with Gasteiger partial charge in [-0.25, -0.2) is 8.42 Å². The van der Waals surface area contributed by atoms with Crippen LogP contribution in [0.25, 0.3) is 0 Å². The van der Waals surface area contributed by atoms with Gasteiger partial charge in [0.05, 0.1) is 5.75 Å². The van der Waals surface area contributed by atoms with E-state index in [1.807, 2.05) is 0 Å². The minimum absolute atomic E-state index is 0.211. The third-order valence-corrected chi connectivity index (χ3v) is 7.36. The van der Waals surface area contributed by atoms with Gasteiger partial charge in [0.25, 0.3) is 0 Å². The standard InChI is InChI=1S/C20H39NO4S/c1-2-3-4-9-12-18-26(24,25)21-17-13-15-19(21)14-10-7-5-6-8-11-16-20(22)23/h19H,2-18H2,1H3,(H,22,23). The Morgan fingerprint density at radius 2 is 1.58 bits per heavy atom. The first kappa shape index (κ1) is 23.4. The molecule has 0 radical (unpaired) electrons. The Bertz CT molecular complexity index is 478. The van der Waals surface area contributed by atoms with E-state index in [1.54, 1.807) is 4.31 Å². The van der Waals surface area contributed by atoms with Crippen LogP contribution in [-0.2, 0) is 14.8 Å². The number of carboxylic acid groups (broad SMARTS) is 1. The minimum atomic E-state index is -3.08. The summed E-state index contributed by atoms with van der Waals surface area (Å²) in [5.74, 6) is -0.394. The summed E-state index contributed by atoms with van der Waals surface area (Å²) >= 11 is 0. The highest BCUT2D eigenvalue weighted by molar-refractivity contribution is 7.89. The van der Waals surface area contributed by atoms with Gasteiger partial charge in [0.15, 0.2) is 0 Å². The van der Waals surface area contributed by atoms with Gasteiger partial charge in [0, 0.05) is 19.0 Å². The van der Waals surface area contributed by atoms with E-state index in [2.05, 4.69) is 6.92 Å². The Labute approximate surface area is 160 Å². The second-order valence-corrected chi connectivity index (χ2v) is 9.73. The van der Waals surface area contributed by atoms with Crippen LogP contribution in [0.15, 0.2) is 0 Å². The smallest absolute Gasteiger partial charge is 0.303 e. The SMILES string of the molecule is CCCCCCCS(=O)(=O)N1CCCC1CCCCCCCCC(=O)O. The van der Waals surface area contributed by atoms with Crippen LogP contribution in [-0.4, -0.2) is 42.1 Å². The zero-order chi connectivity index (χ0) is 19.3. The molecule has 0 spiro atoms. The van der Waals surface area contributed by atoms with E-state index >= 15 is 0 Å². The molecule has 1 saturated heterocycles. The van der Waals surface area contributed by atoms with E-state index in [1.165, 1.54) is 12.8 Å². The van der Waals surface area contributed by atoms with Crippen molar-refractivity contribution in [3.8, 4) is 0 Å². The van der Waals surface area contributed by atoms with E-state index in [9.17, 15) is 13.2 Å². The molecule has 0 saturated carbocycles. The molecule has 1 N–H and O–H groups in total. The number of aliphatic carboxylic acids is 1. The first-order valence-corrected chi connectivity index (χ1v) is 12.3. The Morgan fingerprint density at radius 3 is 2.27 bits per heavy atom. The average molecular weight is 390 g/mol. The number of unbranched alkanes of at least 4 members (excludes halogenated alkanes) is 9. The number of nitrogens with zero attached hydrogens (tertiary/aromatic N) is 1. The van der Waals surface area contributed by atoms with Gasteiger partial charge in [-0.1, -0.05) is 64.7 Å². The lowest BCUT2D eigenvalue weighted by molar-refractivity contribution is -0.137. The van der Waals surface area contributed by atoms with Gasteiger partial charge in [-0.3, -0.25) is 4.79 Å². The van der Waals surface area contributed by atoms with Gasteiger partial charge in [-0.15, -0.1) is 0 Å². The highest BCUT2D eigenvalue weighted by Gasteiger charge is 2.33. The molecule has 1 fully saturated rings. The predicted molar refractivity (Wildman–Crippen MR) is 107 cm³/mol. The van der Waals surface area contributed by atoms with Crippen molar-refractivity contribution in [1.29, 1.82) is 0 Å². The first-order valence-electron chi connectivity index (χ1n) is 10.7. The van der Waals surface area contributed by atoms with Crippen LogP contribution in [0.3, 0.4) is 0 Å². The second-order valence-electron chi connectivity index (χ2n) is 7.69. The van der Waals surface area contributed by atoms with Crippen LogP contribution >= 0.6 is 0 Å². The van der Waals surface area contributed by atoms with Crippen molar-refractivity contribution >= 4 is 16.0 Å². The van der Waals surface area contributed by atoms with Crippen molar-refractivity contribution in [3.63, 3.8) is 0 Å². The van der Waals surface area contributed by atoms with Gasteiger partial charge in [0.2, 0.25) is 10.0 Å². The molecule has 0 aromatic rings. The third kappa shape index (κ3) is 9.91. The molecule has 0 aromatic heterocycles. The fourth-order valence-corrected chi connectivity index (χ4v) is 5.71. The van der Waals surface area contributed by atoms with Crippen LogP contribution in [0.5, 0.6) is 0 Å². The fourth-order valence-electron chi connectivity index (χ4n) is 3.83. The van der Waals surface area contributed by atoms with Crippen LogP contribution < -0.4 is 0 Å². The van der Waals surface area contributed by atoms with Crippen LogP contribution in [0.2, 0.25) is 0 Å². The molecule has 0 aromatic carbocycles. The van der Waals surface area contributed by atoms with Crippen molar-refractivity contribution in [2.75, 3.05) is 12.3 Å². The summed E-state index contributed by atoms with van der Waals surface area (Å²) in [4.78, 5) is 10.5. The molecule has 0 bridgehead atoms. The van der Waals surface area contributed by atoms with Crippen LogP contribution in [0, 0.1) is 0 Å². The third-order valence-electron chi connectivity index (χ3n) is 5.36. The number of sulfonamides is 1. The van der Waals surface area contributed by atoms with E-state index in [-0.39, 0.29) is 12.5 Å². The topological polar surface area (TPSA) is 74.7 Å². The Morgan fingerprint density at radius 1 is 0.962 bits per heavy atom. The minimum Gasteiger partial charge on any atom is -0.481 e. The molecular weight excluding hydrogens is 350 g/mol. The normalized spacial score (nSPS) is 18.4. The summed E-state index contributed by atoms with van der Waals surface area (Å²) in [7, 11) is -3.08. The van der Waals surface area contributed by atoms with E-state index in [0.29, 0.717) is 12.3 Å². The maximum atomic E-state index is 12.6. The number of hydrogen-bond acceptors (Lipinski definition) is 3.